The summed E-state index contributed by atoms with van der Waals surface area (Å²) in [5.41, 5.74) is 6.54. The third-order valence-electron chi connectivity index (χ3n) is 2.94. The third-order valence-corrected chi connectivity index (χ3v) is 3.42. The first-order valence-electron chi connectivity index (χ1n) is 6.59. The molecular formula is C11H18FN6O4P. The molecule has 0 bridgehead atoms. The van der Waals surface area contributed by atoms with Gasteiger partial charge >= 0.3 is 7.60 Å². The fraction of sp³-hybridized carbons (Fsp3) is 0.545. The van der Waals surface area contributed by atoms with Crippen LogP contribution in [0.5, 0.6) is 0 Å². The van der Waals surface area contributed by atoms with Crippen LogP contribution in [-0.2, 0) is 15.8 Å². The van der Waals surface area contributed by atoms with E-state index in [1.165, 1.54) is 10.9 Å². The Bertz CT molecular complexity index is 733. The van der Waals surface area contributed by atoms with Gasteiger partial charge < -0.3 is 29.7 Å². The van der Waals surface area contributed by atoms with Crippen molar-refractivity contribution in [2.24, 2.45) is 0 Å². The molecule has 2 heterocycles. The SMILES string of the molecule is CN(C)c1nc(N)nc2c1ncn2C[C@H](CF)OCP(=O)(O)O. The first-order chi connectivity index (χ1) is 10.7. The predicted octanol–water partition coefficient (Wildman–Crippen LogP) is -0.0356. The van der Waals surface area contributed by atoms with Gasteiger partial charge in [0.05, 0.1) is 12.9 Å². The van der Waals surface area contributed by atoms with E-state index in [1.54, 1.807) is 19.0 Å². The van der Waals surface area contributed by atoms with E-state index < -0.39 is 26.7 Å². The summed E-state index contributed by atoms with van der Waals surface area (Å²) in [6.45, 7) is -0.933. The maximum atomic E-state index is 13.0. The lowest BCUT2D eigenvalue weighted by Gasteiger charge is -2.16. The van der Waals surface area contributed by atoms with E-state index in [-0.39, 0.29) is 12.5 Å². The van der Waals surface area contributed by atoms with E-state index in [1.807, 2.05) is 0 Å². The fourth-order valence-corrected chi connectivity index (χ4v) is 2.36. The molecule has 0 aliphatic rings. The van der Waals surface area contributed by atoms with E-state index in [4.69, 9.17) is 20.3 Å². The molecule has 0 spiro atoms. The van der Waals surface area contributed by atoms with Crippen LogP contribution in [0.25, 0.3) is 11.2 Å². The second-order valence-electron chi connectivity index (χ2n) is 5.11. The van der Waals surface area contributed by atoms with Crippen LogP contribution in [0.4, 0.5) is 16.2 Å². The Labute approximate surface area is 131 Å². The molecule has 10 nitrogen and oxygen atoms in total. The Balaban J connectivity index is 2.27. The van der Waals surface area contributed by atoms with E-state index in [9.17, 15) is 8.96 Å². The Kier molecular flexibility index (Phi) is 5.15. The summed E-state index contributed by atoms with van der Waals surface area (Å²) in [6, 6.07) is 0. The molecule has 12 heteroatoms. The molecule has 2 aromatic heterocycles. The van der Waals surface area contributed by atoms with E-state index in [2.05, 4.69) is 15.0 Å². The number of nitrogens with two attached hydrogens (primary N) is 1. The van der Waals surface area contributed by atoms with Crippen LogP contribution >= 0.6 is 7.60 Å². The van der Waals surface area contributed by atoms with E-state index in [0.717, 1.165) is 0 Å². The molecule has 0 aliphatic carbocycles. The quantitative estimate of drug-likeness (QED) is 0.588. The molecule has 0 amide bonds. The number of rotatable bonds is 7. The molecule has 0 aliphatic heterocycles. The minimum absolute atomic E-state index is 0.0175. The molecule has 2 aromatic rings. The highest BCUT2D eigenvalue weighted by atomic mass is 31.2. The smallest absolute Gasteiger partial charge is 0.350 e. The Morgan fingerprint density at radius 3 is 2.74 bits per heavy atom. The number of alkyl halides is 1. The monoisotopic (exact) mass is 348 g/mol. The number of fused-ring (bicyclic) bond motifs is 1. The van der Waals surface area contributed by atoms with Crippen molar-refractivity contribution in [3.8, 4) is 0 Å². The van der Waals surface area contributed by atoms with Crippen molar-refractivity contribution in [2.45, 2.75) is 12.6 Å². The lowest BCUT2D eigenvalue weighted by atomic mass is 10.4. The topological polar surface area (TPSA) is 140 Å². The molecule has 0 radical (unpaired) electrons. The summed E-state index contributed by atoms with van der Waals surface area (Å²) in [5, 5.41) is 0. The first kappa shape index (κ1) is 17.5. The largest absolute Gasteiger partial charge is 0.368 e. The number of imidazole rings is 1. The molecule has 0 saturated carbocycles. The molecule has 0 fully saturated rings. The van der Waals surface area contributed by atoms with Gasteiger partial charge in [0.15, 0.2) is 17.0 Å². The lowest BCUT2D eigenvalue weighted by molar-refractivity contribution is 0.0445. The van der Waals surface area contributed by atoms with Crippen molar-refractivity contribution in [2.75, 3.05) is 37.8 Å². The number of anilines is 2. The number of hydrogen-bond acceptors (Lipinski definition) is 7. The zero-order valence-electron chi connectivity index (χ0n) is 12.6. The fourth-order valence-electron chi connectivity index (χ4n) is 1.96. The van der Waals surface area contributed by atoms with Crippen LogP contribution in [0.1, 0.15) is 0 Å². The summed E-state index contributed by atoms with van der Waals surface area (Å²) in [6.07, 6.45) is -0.470. The molecule has 0 unspecified atom stereocenters. The van der Waals surface area contributed by atoms with Gasteiger partial charge in [0, 0.05) is 14.1 Å². The minimum atomic E-state index is -4.37. The van der Waals surface area contributed by atoms with E-state index >= 15 is 0 Å². The van der Waals surface area contributed by atoms with Gasteiger partial charge in [-0.05, 0) is 0 Å². The van der Waals surface area contributed by atoms with E-state index in [0.29, 0.717) is 17.0 Å². The van der Waals surface area contributed by atoms with Gasteiger partial charge in [-0.25, -0.2) is 9.37 Å². The normalized spacial score (nSPS) is 13.4. The highest BCUT2D eigenvalue weighted by Crippen LogP contribution is 2.34. The summed E-state index contributed by atoms with van der Waals surface area (Å²) < 4.78 is 30.3. The number of nitrogen functional groups attached to an aromatic ring is 1. The molecule has 4 N–H and O–H groups in total. The highest BCUT2D eigenvalue weighted by Gasteiger charge is 2.20. The van der Waals surface area contributed by atoms with Crippen LogP contribution in [0.3, 0.4) is 0 Å². The van der Waals surface area contributed by atoms with Crippen molar-refractivity contribution in [1.29, 1.82) is 0 Å². The number of aromatic nitrogens is 4. The van der Waals surface area contributed by atoms with Crippen molar-refractivity contribution in [1.82, 2.24) is 19.5 Å². The van der Waals surface area contributed by atoms with Gasteiger partial charge in [-0.3, -0.25) is 4.57 Å². The predicted molar refractivity (Wildman–Crippen MR) is 81.8 cm³/mol. The van der Waals surface area contributed by atoms with Crippen LogP contribution in [0.2, 0.25) is 0 Å². The number of hydrogen-bond donors (Lipinski definition) is 3. The number of ether oxygens (including phenoxy) is 1. The summed E-state index contributed by atoms with van der Waals surface area (Å²) in [7, 11) is -0.823. The van der Waals surface area contributed by atoms with Crippen LogP contribution in [0, 0.1) is 0 Å². The van der Waals surface area contributed by atoms with Crippen molar-refractivity contribution >= 4 is 30.5 Å². The average Bonchev–Trinajstić information content (AvgIpc) is 2.84. The Hall–Kier alpha value is -1.81. The molecule has 1 atom stereocenters. The van der Waals surface area contributed by atoms with Crippen LogP contribution < -0.4 is 10.6 Å². The average molecular weight is 348 g/mol. The maximum absolute atomic E-state index is 13.0. The summed E-state index contributed by atoms with van der Waals surface area (Å²) in [5.74, 6) is 0.551. The molecule has 0 saturated heterocycles. The molecule has 23 heavy (non-hydrogen) atoms. The number of halogens is 1. The minimum Gasteiger partial charge on any atom is -0.368 e. The van der Waals surface area contributed by atoms with Crippen LogP contribution in [0.15, 0.2) is 6.33 Å². The van der Waals surface area contributed by atoms with Crippen molar-refractivity contribution in [3.05, 3.63) is 6.33 Å². The standard InChI is InChI=1S/C11H18FN6O4P/c1-17(2)9-8-10(16-11(13)15-9)18(5-14-8)4-7(3-12)22-6-23(19,20)21/h5,7H,3-4,6H2,1-2H3,(H2,13,15,16)(H2,19,20,21)/t7-/m0/s1. The lowest BCUT2D eigenvalue weighted by Crippen LogP contribution is -2.23. The van der Waals surface area contributed by atoms with Gasteiger partial charge in [0.2, 0.25) is 5.95 Å². The van der Waals surface area contributed by atoms with Gasteiger partial charge in [-0.1, -0.05) is 0 Å². The Morgan fingerprint density at radius 1 is 1.48 bits per heavy atom. The van der Waals surface area contributed by atoms with Crippen molar-refractivity contribution in [3.63, 3.8) is 0 Å². The number of nitrogens with zero attached hydrogens (tertiary/aromatic N) is 5. The molecule has 2 rings (SSSR count). The maximum Gasteiger partial charge on any atom is 0.350 e. The molecule has 0 aromatic carbocycles. The molecule has 128 valence electrons. The van der Waals surface area contributed by atoms with Gasteiger partial charge in [0.1, 0.15) is 19.1 Å². The van der Waals surface area contributed by atoms with Crippen molar-refractivity contribution < 1.29 is 23.5 Å². The molecular weight excluding hydrogens is 330 g/mol. The first-order valence-corrected chi connectivity index (χ1v) is 8.39. The van der Waals surface area contributed by atoms with Gasteiger partial charge in [0.25, 0.3) is 0 Å². The summed E-state index contributed by atoms with van der Waals surface area (Å²) >= 11 is 0. The zero-order chi connectivity index (χ0) is 17.2. The second-order valence-corrected chi connectivity index (χ2v) is 6.69. The Morgan fingerprint density at radius 2 is 2.17 bits per heavy atom. The third kappa shape index (κ3) is 4.35. The summed E-state index contributed by atoms with van der Waals surface area (Å²) in [4.78, 5) is 31.7. The zero-order valence-corrected chi connectivity index (χ0v) is 13.5. The highest BCUT2D eigenvalue weighted by molar-refractivity contribution is 7.51. The van der Waals surface area contributed by atoms with Gasteiger partial charge in [-0.15, -0.1) is 0 Å². The van der Waals surface area contributed by atoms with Crippen LogP contribution in [-0.4, -0.2) is 62.5 Å². The van der Waals surface area contributed by atoms with Gasteiger partial charge in [-0.2, -0.15) is 9.97 Å². The second kappa shape index (κ2) is 6.75.